The van der Waals surface area contributed by atoms with Gasteiger partial charge < -0.3 is 33.6 Å². The van der Waals surface area contributed by atoms with Crippen molar-refractivity contribution in [2.24, 2.45) is 0 Å². The first-order chi connectivity index (χ1) is 17.3. The number of benzene rings is 2. The molecule has 36 heavy (non-hydrogen) atoms. The van der Waals surface area contributed by atoms with E-state index >= 15 is 0 Å². The highest BCUT2D eigenvalue weighted by Gasteiger charge is 2.22. The Morgan fingerprint density at radius 1 is 0.611 bits per heavy atom. The van der Waals surface area contributed by atoms with E-state index in [2.05, 4.69) is 4.90 Å². The maximum Gasteiger partial charge on any atom is 0.338 e. The van der Waals surface area contributed by atoms with Gasteiger partial charge in [-0.2, -0.15) is 0 Å². The SMILES string of the molecule is CN1CCOCCOC(=O)c2cc(N(C)C)ccc2-c2ccc(N(C)C)cc2C(=O)OCCOCC1. The molecule has 3 rings (SSSR count). The molecule has 0 amide bonds. The minimum Gasteiger partial charge on any atom is -0.460 e. The maximum atomic E-state index is 13.2. The van der Waals surface area contributed by atoms with Crippen LogP contribution in [0.4, 0.5) is 11.4 Å². The summed E-state index contributed by atoms with van der Waals surface area (Å²) in [6.07, 6.45) is 0. The maximum absolute atomic E-state index is 13.2. The van der Waals surface area contributed by atoms with Crippen LogP contribution in [0.25, 0.3) is 11.1 Å². The first-order valence-corrected chi connectivity index (χ1v) is 12.1. The lowest BCUT2D eigenvalue weighted by Gasteiger charge is -2.20. The van der Waals surface area contributed by atoms with Crippen molar-refractivity contribution in [3.63, 3.8) is 0 Å². The second-order valence-corrected chi connectivity index (χ2v) is 9.05. The number of carbonyl (C=O) groups excluding carboxylic acids is 2. The summed E-state index contributed by atoms with van der Waals surface area (Å²) in [6, 6.07) is 11.0. The zero-order valence-corrected chi connectivity index (χ0v) is 21.9. The van der Waals surface area contributed by atoms with Gasteiger partial charge in [-0.05, 0) is 42.4 Å². The predicted octanol–water partition coefficient (Wildman–Crippen LogP) is 2.78. The summed E-state index contributed by atoms with van der Waals surface area (Å²) in [5.41, 5.74) is 3.62. The first kappa shape index (κ1) is 27.4. The van der Waals surface area contributed by atoms with Crippen molar-refractivity contribution in [1.82, 2.24) is 4.90 Å². The standard InChI is InChI=1S/C27H37N3O6/c1-28(2)20-6-8-22-23-9-7-21(29(3)4)19-25(23)27(32)36-17-15-34-13-11-30(5)10-12-33-14-16-35-26(31)24(22)18-20/h6-9,18-19H,10-17H2,1-5H3. The van der Waals surface area contributed by atoms with Crippen LogP contribution in [0.5, 0.6) is 0 Å². The molecule has 1 aliphatic heterocycles. The molecule has 0 saturated heterocycles. The van der Waals surface area contributed by atoms with Gasteiger partial charge in [0.15, 0.2) is 0 Å². The number of hydrogen-bond acceptors (Lipinski definition) is 9. The quantitative estimate of drug-likeness (QED) is 0.580. The van der Waals surface area contributed by atoms with E-state index in [1.165, 1.54) is 0 Å². The fourth-order valence-corrected chi connectivity index (χ4v) is 3.73. The van der Waals surface area contributed by atoms with E-state index in [0.29, 0.717) is 48.7 Å². The molecule has 0 saturated carbocycles. The fraction of sp³-hybridized carbons (Fsp3) is 0.481. The average Bonchev–Trinajstić information content (AvgIpc) is 2.86. The average molecular weight is 500 g/mol. The number of cyclic esters (lactones) is 2. The smallest absolute Gasteiger partial charge is 0.338 e. The Morgan fingerprint density at radius 2 is 1.03 bits per heavy atom. The first-order valence-electron chi connectivity index (χ1n) is 12.1. The van der Waals surface area contributed by atoms with Gasteiger partial charge in [-0.15, -0.1) is 0 Å². The Hall–Kier alpha value is -3.14. The third kappa shape index (κ3) is 7.43. The lowest BCUT2D eigenvalue weighted by atomic mass is 9.94. The molecule has 2 aromatic carbocycles. The highest BCUT2D eigenvalue weighted by Crippen LogP contribution is 2.33. The van der Waals surface area contributed by atoms with Crippen molar-refractivity contribution < 1.29 is 28.5 Å². The summed E-state index contributed by atoms with van der Waals surface area (Å²) in [5, 5.41) is 0. The molecule has 1 heterocycles. The molecule has 0 aliphatic carbocycles. The van der Waals surface area contributed by atoms with E-state index in [4.69, 9.17) is 18.9 Å². The molecular weight excluding hydrogens is 462 g/mol. The van der Waals surface area contributed by atoms with Crippen molar-refractivity contribution in [2.75, 3.05) is 97.8 Å². The molecule has 0 unspecified atom stereocenters. The second-order valence-electron chi connectivity index (χ2n) is 9.05. The number of hydrogen-bond donors (Lipinski definition) is 0. The van der Waals surface area contributed by atoms with Crippen LogP contribution in [0.1, 0.15) is 20.7 Å². The summed E-state index contributed by atoms with van der Waals surface area (Å²) < 4.78 is 22.4. The second kappa shape index (κ2) is 13.2. The number of esters is 2. The normalized spacial score (nSPS) is 16.9. The van der Waals surface area contributed by atoms with Gasteiger partial charge in [-0.3, -0.25) is 0 Å². The van der Waals surface area contributed by atoms with Crippen LogP contribution < -0.4 is 9.80 Å². The van der Waals surface area contributed by atoms with Crippen LogP contribution in [0.15, 0.2) is 36.4 Å². The molecule has 9 heteroatoms. The van der Waals surface area contributed by atoms with Crippen LogP contribution in [0, 0.1) is 0 Å². The van der Waals surface area contributed by atoms with Gasteiger partial charge in [-0.25, -0.2) is 9.59 Å². The van der Waals surface area contributed by atoms with Gasteiger partial charge in [0.25, 0.3) is 0 Å². The van der Waals surface area contributed by atoms with Crippen LogP contribution in [0.2, 0.25) is 0 Å². The highest BCUT2D eigenvalue weighted by atomic mass is 16.6. The predicted molar refractivity (Wildman–Crippen MR) is 140 cm³/mol. The Morgan fingerprint density at radius 3 is 1.42 bits per heavy atom. The highest BCUT2D eigenvalue weighted by molar-refractivity contribution is 6.04. The van der Waals surface area contributed by atoms with E-state index in [-0.39, 0.29) is 13.2 Å². The third-order valence-corrected chi connectivity index (χ3v) is 5.93. The van der Waals surface area contributed by atoms with Crippen molar-refractivity contribution >= 4 is 23.3 Å². The molecule has 1 aliphatic rings. The van der Waals surface area contributed by atoms with Crippen molar-refractivity contribution in [2.45, 2.75) is 0 Å². The van der Waals surface area contributed by atoms with E-state index in [1.54, 1.807) is 12.1 Å². The summed E-state index contributed by atoms with van der Waals surface area (Å²) in [4.78, 5) is 32.3. The number of carbonyl (C=O) groups is 2. The van der Waals surface area contributed by atoms with Gasteiger partial charge in [-0.1, -0.05) is 12.1 Å². The number of rotatable bonds is 2. The summed E-state index contributed by atoms with van der Waals surface area (Å²) in [6.45, 7) is 3.36. The van der Waals surface area contributed by atoms with E-state index in [0.717, 1.165) is 24.5 Å². The third-order valence-electron chi connectivity index (χ3n) is 5.93. The molecular formula is C27H37N3O6. The molecule has 9 nitrogen and oxygen atoms in total. The lowest BCUT2D eigenvalue weighted by molar-refractivity contribution is 0.0234. The zero-order chi connectivity index (χ0) is 26.1. The molecule has 2 aromatic rings. The summed E-state index contributed by atoms with van der Waals surface area (Å²) in [7, 11) is 9.58. The Labute approximate surface area is 213 Å². The topological polar surface area (TPSA) is 80.8 Å². The molecule has 0 radical (unpaired) electrons. The van der Waals surface area contributed by atoms with Crippen LogP contribution in [-0.2, 0) is 18.9 Å². The molecule has 0 bridgehead atoms. The fourth-order valence-electron chi connectivity index (χ4n) is 3.73. The Bertz CT molecular complexity index is 959. The molecule has 196 valence electrons. The molecule has 0 spiro atoms. The van der Waals surface area contributed by atoms with E-state index in [9.17, 15) is 9.59 Å². The molecule has 0 N–H and O–H groups in total. The molecule has 0 atom stereocenters. The Kier molecular flexibility index (Phi) is 10.1. The minimum absolute atomic E-state index is 0.131. The van der Waals surface area contributed by atoms with Crippen LogP contribution in [-0.4, -0.2) is 105 Å². The number of anilines is 2. The largest absolute Gasteiger partial charge is 0.460 e. The lowest BCUT2D eigenvalue weighted by Crippen LogP contribution is -2.28. The number of fused-ring (bicyclic) bond motifs is 3. The van der Waals surface area contributed by atoms with Crippen LogP contribution >= 0.6 is 0 Å². The van der Waals surface area contributed by atoms with Gasteiger partial charge in [0, 0.05) is 52.7 Å². The molecule has 0 fully saturated rings. The minimum atomic E-state index is -0.475. The van der Waals surface area contributed by atoms with Gasteiger partial charge in [0.05, 0.1) is 37.6 Å². The van der Waals surface area contributed by atoms with Crippen LogP contribution in [0.3, 0.4) is 0 Å². The van der Waals surface area contributed by atoms with Gasteiger partial charge in [0.2, 0.25) is 0 Å². The van der Waals surface area contributed by atoms with E-state index < -0.39 is 11.9 Å². The van der Waals surface area contributed by atoms with E-state index in [1.807, 2.05) is 69.3 Å². The summed E-state index contributed by atoms with van der Waals surface area (Å²) >= 11 is 0. The van der Waals surface area contributed by atoms with Gasteiger partial charge >= 0.3 is 11.9 Å². The summed E-state index contributed by atoms with van der Waals surface area (Å²) in [5.74, 6) is -0.950. The Balaban J connectivity index is 2.01. The van der Waals surface area contributed by atoms with Crippen molar-refractivity contribution in [3.05, 3.63) is 47.5 Å². The number of ether oxygens (including phenoxy) is 4. The number of nitrogens with zero attached hydrogens (tertiary/aromatic N) is 3. The molecule has 0 aromatic heterocycles. The van der Waals surface area contributed by atoms with Crippen molar-refractivity contribution in [1.29, 1.82) is 0 Å². The number of likely N-dealkylation sites (N-methyl/N-ethyl adjacent to an activating group) is 1. The monoisotopic (exact) mass is 499 g/mol. The van der Waals surface area contributed by atoms with Gasteiger partial charge in [0.1, 0.15) is 13.2 Å². The van der Waals surface area contributed by atoms with Crippen molar-refractivity contribution in [3.8, 4) is 11.1 Å². The zero-order valence-electron chi connectivity index (χ0n) is 21.9.